The Bertz CT molecular complexity index is 982. The van der Waals surface area contributed by atoms with Crippen LogP contribution in [0.4, 0.5) is 5.69 Å². The summed E-state index contributed by atoms with van der Waals surface area (Å²) in [6.45, 7) is 1.94. The molecule has 0 spiro atoms. The third-order valence-corrected chi connectivity index (χ3v) is 9.61. The van der Waals surface area contributed by atoms with Crippen molar-refractivity contribution in [1.29, 1.82) is 0 Å². The molecule has 7 nitrogen and oxygen atoms in total. The van der Waals surface area contributed by atoms with E-state index in [1.54, 1.807) is 0 Å². The zero-order valence-electron chi connectivity index (χ0n) is 16.6. The summed E-state index contributed by atoms with van der Waals surface area (Å²) < 4.78 is 50.7. The molecule has 29 heavy (non-hydrogen) atoms. The Labute approximate surface area is 172 Å². The van der Waals surface area contributed by atoms with Crippen molar-refractivity contribution in [2.75, 3.05) is 23.4 Å². The van der Waals surface area contributed by atoms with E-state index >= 15 is 0 Å². The summed E-state index contributed by atoms with van der Waals surface area (Å²) in [4.78, 5) is 11.2. The highest BCUT2D eigenvalue weighted by molar-refractivity contribution is 7.96. The van der Waals surface area contributed by atoms with Crippen LogP contribution in [0.15, 0.2) is 40.8 Å². The van der Waals surface area contributed by atoms with Gasteiger partial charge in [0.05, 0.1) is 21.7 Å². The number of anilines is 1. The fourth-order valence-corrected chi connectivity index (χ4v) is 8.68. The van der Waals surface area contributed by atoms with Crippen molar-refractivity contribution in [2.24, 2.45) is 0 Å². The summed E-state index contributed by atoms with van der Waals surface area (Å²) in [5.41, 5.74) is 1.85. The molecule has 9 heteroatoms. The van der Waals surface area contributed by atoms with Crippen LogP contribution in [-0.4, -0.2) is 52.1 Å². The highest BCUT2D eigenvalue weighted by Gasteiger charge is 2.45. The molecular weight excluding hydrogens is 412 g/mol. The first-order chi connectivity index (χ1) is 13.7. The standard InChI is InChI=1S/C20H28N2O5S2/c1-15(23)22-17-7-9-18(10-8-17)29(26,27)20-14-28(24,25)13-19(20)21-12-11-16-5-3-2-4-6-16/h5,7-10,19-21H,2-4,6,11-14H2,1H3,(H,22,23)/t19-,20-/m0/s1. The van der Waals surface area contributed by atoms with Crippen LogP contribution in [0.25, 0.3) is 0 Å². The molecule has 2 atom stereocenters. The number of amides is 1. The topological polar surface area (TPSA) is 109 Å². The number of nitrogens with one attached hydrogen (secondary N) is 2. The van der Waals surface area contributed by atoms with Gasteiger partial charge in [0.2, 0.25) is 5.91 Å². The van der Waals surface area contributed by atoms with Crippen LogP contribution >= 0.6 is 0 Å². The van der Waals surface area contributed by atoms with Crippen LogP contribution < -0.4 is 10.6 Å². The lowest BCUT2D eigenvalue weighted by atomic mass is 9.97. The van der Waals surface area contributed by atoms with Gasteiger partial charge in [0.1, 0.15) is 0 Å². The van der Waals surface area contributed by atoms with E-state index in [-0.39, 0.29) is 22.3 Å². The predicted molar refractivity (Wildman–Crippen MR) is 113 cm³/mol. The first-order valence-electron chi connectivity index (χ1n) is 9.91. The average molecular weight is 441 g/mol. The van der Waals surface area contributed by atoms with Gasteiger partial charge in [0, 0.05) is 18.7 Å². The van der Waals surface area contributed by atoms with Gasteiger partial charge in [0.25, 0.3) is 0 Å². The normalized spacial score (nSPS) is 24.1. The maximum Gasteiger partial charge on any atom is 0.221 e. The fourth-order valence-electron chi connectivity index (χ4n) is 3.97. The molecule has 1 aromatic carbocycles. The minimum atomic E-state index is -3.83. The van der Waals surface area contributed by atoms with Crippen LogP contribution in [0.3, 0.4) is 0 Å². The summed E-state index contributed by atoms with van der Waals surface area (Å²) >= 11 is 0. The second-order valence-electron chi connectivity index (χ2n) is 7.78. The number of carbonyl (C=O) groups excluding carboxylic acids is 1. The van der Waals surface area contributed by atoms with Gasteiger partial charge < -0.3 is 10.6 Å². The van der Waals surface area contributed by atoms with Crippen molar-refractivity contribution in [2.45, 2.75) is 55.2 Å². The van der Waals surface area contributed by atoms with Gasteiger partial charge in [-0.05, 0) is 62.9 Å². The molecule has 3 rings (SSSR count). The summed E-state index contributed by atoms with van der Waals surface area (Å²) in [6, 6.07) is 5.22. The maximum atomic E-state index is 13.1. The summed E-state index contributed by atoms with van der Waals surface area (Å²) in [7, 11) is -7.26. The second-order valence-corrected chi connectivity index (χ2v) is 12.1. The van der Waals surface area contributed by atoms with Crippen molar-refractivity contribution in [3.8, 4) is 0 Å². The Morgan fingerprint density at radius 2 is 1.86 bits per heavy atom. The van der Waals surface area contributed by atoms with Crippen LogP contribution in [0.1, 0.15) is 39.0 Å². The van der Waals surface area contributed by atoms with Crippen molar-refractivity contribution < 1.29 is 21.6 Å². The van der Waals surface area contributed by atoms with Gasteiger partial charge in [-0.25, -0.2) is 16.8 Å². The zero-order chi connectivity index (χ0) is 21.1. The third-order valence-electron chi connectivity index (χ3n) is 5.44. The summed E-state index contributed by atoms with van der Waals surface area (Å²) in [6.07, 6.45) is 7.58. The van der Waals surface area contributed by atoms with Crippen molar-refractivity contribution in [1.82, 2.24) is 5.32 Å². The minimum Gasteiger partial charge on any atom is -0.326 e. The predicted octanol–water partition coefficient (Wildman–Crippen LogP) is 2.06. The lowest BCUT2D eigenvalue weighted by molar-refractivity contribution is -0.114. The largest absolute Gasteiger partial charge is 0.326 e. The molecule has 1 saturated heterocycles. The van der Waals surface area contributed by atoms with Gasteiger partial charge in [-0.1, -0.05) is 11.6 Å². The smallest absolute Gasteiger partial charge is 0.221 e. The Balaban J connectivity index is 1.72. The van der Waals surface area contributed by atoms with E-state index < -0.39 is 31.0 Å². The fraction of sp³-hybridized carbons (Fsp3) is 0.550. The van der Waals surface area contributed by atoms with Gasteiger partial charge >= 0.3 is 0 Å². The first-order valence-corrected chi connectivity index (χ1v) is 13.3. The lowest BCUT2D eigenvalue weighted by Gasteiger charge is -2.21. The first kappa shape index (κ1) is 22.0. The number of carbonyl (C=O) groups is 1. The monoisotopic (exact) mass is 440 g/mol. The molecule has 1 aliphatic heterocycles. The van der Waals surface area contributed by atoms with Gasteiger partial charge in [-0.3, -0.25) is 4.79 Å². The molecule has 1 heterocycles. The molecule has 1 amide bonds. The van der Waals surface area contributed by atoms with E-state index in [0.717, 1.165) is 19.3 Å². The van der Waals surface area contributed by atoms with Gasteiger partial charge in [-0.2, -0.15) is 0 Å². The lowest BCUT2D eigenvalue weighted by Crippen LogP contribution is -2.43. The number of allylic oxidation sites excluding steroid dienone is 1. The van der Waals surface area contributed by atoms with Crippen molar-refractivity contribution in [3.63, 3.8) is 0 Å². The van der Waals surface area contributed by atoms with E-state index in [1.807, 2.05) is 0 Å². The van der Waals surface area contributed by atoms with E-state index in [0.29, 0.717) is 12.2 Å². The molecule has 0 aromatic heterocycles. The highest BCUT2D eigenvalue weighted by atomic mass is 32.2. The molecule has 2 aliphatic rings. The molecule has 0 bridgehead atoms. The third kappa shape index (κ3) is 5.67. The van der Waals surface area contributed by atoms with Crippen LogP contribution in [0.2, 0.25) is 0 Å². The van der Waals surface area contributed by atoms with Gasteiger partial charge in [-0.15, -0.1) is 0 Å². The molecule has 0 unspecified atom stereocenters. The van der Waals surface area contributed by atoms with Crippen LogP contribution in [0.5, 0.6) is 0 Å². The summed E-state index contributed by atoms with van der Waals surface area (Å²) in [5, 5.41) is 4.76. The highest BCUT2D eigenvalue weighted by Crippen LogP contribution is 2.27. The average Bonchev–Trinajstić information content (AvgIpc) is 2.98. The number of benzene rings is 1. The minimum absolute atomic E-state index is 0.0653. The van der Waals surface area contributed by atoms with Crippen molar-refractivity contribution in [3.05, 3.63) is 35.9 Å². The number of hydrogen-bond acceptors (Lipinski definition) is 6. The van der Waals surface area contributed by atoms with Crippen LogP contribution in [0, 0.1) is 0 Å². The number of sulfone groups is 2. The number of rotatable bonds is 7. The molecule has 1 aliphatic carbocycles. The van der Waals surface area contributed by atoms with E-state index in [4.69, 9.17) is 0 Å². The Kier molecular flexibility index (Phi) is 6.80. The SMILES string of the molecule is CC(=O)Nc1ccc(S(=O)(=O)[C@H]2CS(=O)(=O)C[C@@H]2NCCC2=CCCCC2)cc1. The van der Waals surface area contributed by atoms with Gasteiger partial charge in [0.15, 0.2) is 19.7 Å². The Hall–Kier alpha value is -1.71. The molecule has 0 saturated carbocycles. The quantitative estimate of drug-likeness (QED) is 0.628. The van der Waals surface area contributed by atoms with E-state index in [9.17, 15) is 21.6 Å². The van der Waals surface area contributed by atoms with E-state index in [1.165, 1.54) is 49.6 Å². The molecule has 1 aromatic rings. The van der Waals surface area contributed by atoms with Crippen LogP contribution in [-0.2, 0) is 24.5 Å². The second kappa shape index (κ2) is 8.97. The Morgan fingerprint density at radius 1 is 1.14 bits per heavy atom. The van der Waals surface area contributed by atoms with Crippen molar-refractivity contribution >= 4 is 31.3 Å². The van der Waals surface area contributed by atoms with E-state index in [2.05, 4.69) is 16.7 Å². The maximum absolute atomic E-state index is 13.1. The zero-order valence-corrected chi connectivity index (χ0v) is 18.2. The molecule has 1 fully saturated rings. The summed E-state index contributed by atoms with van der Waals surface area (Å²) in [5.74, 6) is -0.789. The Morgan fingerprint density at radius 3 is 2.48 bits per heavy atom. The number of hydrogen-bond donors (Lipinski definition) is 2. The molecule has 0 radical (unpaired) electrons. The molecule has 2 N–H and O–H groups in total. The molecule has 160 valence electrons. The molecular formula is C20H28N2O5S2.